The van der Waals surface area contributed by atoms with Gasteiger partial charge >= 0.3 is 6.18 Å². The van der Waals surface area contributed by atoms with E-state index in [-0.39, 0.29) is 18.0 Å². The highest BCUT2D eigenvalue weighted by molar-refractivity contribution is 5.52. The van der Waals surface area contributed by atoms with E-state index in [1.54, 1.807) is 19.1 Å². The Bertz CT molecular complexity index is 466. The average Bonchev–Trinajstić information content (AvgIpc) is 2.66. The van der Waals surface area contributed by atoms with E-state index in [1.165, 1.54) is 6.07 Å². The maximum absolute atomic E-state index is 13.2. The molecule has 21 heavy (non-hydrogen) atoms. The predicted molar refractivity (Wildman–Crippen MR) is 76.4 cm³/mol. The first-order chi connectivity index (χ1) is 9.88. The zero-order chi connectivity index (χ0) is 15.5. The van der Waals surface area contributed by atoms with Crippen LogP contribution in [0.3, 0.4) is 0 Å². The summed E-state index contributed by atoms with van der Waals surface area (Å²) < 4.78 is 45.1. The van der Waals surface area contributed by atoms with Crippen molar-refractivity contribution in [3.8, 4) is 0 Å². The first-order valence-corrected chi connectivity index (χ1v) is 7.16. The lowest BCUT2D eigenvalue weighted by molar-refractivity contribution is -0.138. The fraction of sp³-hybridized carbons (Fsp3) is 0.600. The van der Waals surface area contributed by atoms with Crippen molar-refractivity contribution in [2.75, 3.05) is 31.2 Å². The zero-order valence-electron chi connectivity index (χ0n) is 12.1. The summed E-state index contributed by atoms with van der Waals surface area (Å²) in [5, 5.41) is 0. The summed E-state index contributed by atoms with van der Waals surface area (Å²) in [6.07, 6.45) is -3.32. The summed E-state index contributed by atoms with van der Waals surface area (Å²) in [5.74, 6) is 0. The molecule has 0 saturated carbocycles. The van der Waals surface area contributed by atoms with Gasteiger partial charge in [-0.2, -0.15) is 13.2 Å². The number of rotatable bonds is 3. The van der Waals surface area contributed by atoms with Gasteiger partial charge in [-0.3, -0.25) is 0 Å². The Kier molecular flexibility index (Phi) is 5.11. The molecule has 6 heteroatoms. The number of benzene rings is 1. The van der Waals surface area contributed by atoms with Crippen LogP contribution >= 0.6 is 0 Å². The van der Waals surface area contributed by atoms with Gasteiger partial charge in [-0.05, 0) is 37.5 Å². The highest BCUT2D eigenvalue weighted by Crippen LogP contribution is 2.35. The normalized spacial score (nSPS) is 18.4. The van der Waals surface area contributed by atoms with Gasteiger partial charge in [0, 0.05) is 31.4 Å². The second kappa shape index (κ2) is 6.66. The molecule has 1 unspecified atom stereocenters. The molecule has 2 N–H and O–H groups in total. The van der Waals surface area contributed by atoms with Gasteiger partial charge in [0.1, 0.15) is 0 Å². The molecule has 1 atom stereocenters. The lowest BCUT2D eigenvalue weighted by Gasteiger charge is -2.24. The number of ether oxygens (including phenoxy) is 1. The van der Waals surface area contributed by atoms with E-state index >= 15 is 0 Å². The summed E-state index contributed by atoms with van der Waals surface area (Å²) in [5.41, 5.74) is 5.92. The highest BCUT2D eigenvalue weighted by Gasteiger charge is 2.34. The van der Waals surface area contributed by atoms with Crippen molar-refractivity contribution in [2.24, 2.45) is 5.73 Å². The third-order valence-electron chi connectivity index (χ3n) is 3.53. The van der Waals surface area contributed by atoms with Gasteiger partial charge in [0.2, 0.25) is 0 Å². The number of halogens is 3. The number of nitrogens with zero attached hydrogens (tertiary/aromatic N) is 1. The van der Waals surface area contributed by atoms with Crippen molar-refractivity contribution < 1.29 is 17.9 Å². The molecular formula is C15H21F3N2O. The first-order valence-electron chi connectivity index (χ1n) is 7.16. The summed E-state index contributed by atoms with van der Waals surface area (Å²) in [4.78, 5) is 1.94. The number of hydrogen-bond donors (Lipinski definition) is 1. The summed E-state index contributed by atoms with van der Waals surface area (Å²) in [6, 6.07) is 4.23. The Morgan fingerprint density at radius 3 is 2.71 bits per heavy atom. The highest BCUT2D eigenvalue weighted by atomic mass is 19.4. The molecule has 1 aliphatic rings. The van der Waals surface area contributed by atoms with Crippen LogP contribution in [0.15, 0.2) is 18.2 Å². The summed E-state index contributed by atoms with van der Waals surface area (Å²) in [6.45, 7) is 4.24. The monoisotopic (exact) mass is 302 g/mol. The Morgan fingerprint density at radius 1 is 1.29 bits per heavy atom. The third-order valence-corrected chi connectivity index (χ3v) is 3.53. The van der Waals surface area contributed by atoms with E-state index in [0.29, 0.717) is 32.0 Å². The van der Waals surface area contributed by atoms with Crippen LogP contribution in [0.4, 0.5) is 18.9 Å². The molecule has 118 valence electrons. The SMILES string of the molecule is CC(N)Cc1ccc(N2CCCOCC2)cc1C(F)(F)F. The molecule has 0 aromatic heterocycles. The van der Waals surface area contributed by atoms with E-state index in [1.807, 2.05) is 4.90 Å². The van der Waals surface area contributed by atoms with E-state index in [9.17, 15) is 13.2 Å². The van der Waals surface area contributed by atoms with Crippen LogP contribution in [0, 0.1) is 0 Å². The largest absolute Gasteiger partial charge is 0.416 e. The van der Waals surface area contributed by atoms with Gasteiger partial charge in [-0.25, -0.2) is 0 Å². The van der Waals surface area contributed by atoms with E-state index in [2.05, 4.69) is 0 Å². The standard InChI is InChI=1S/C15H21F3N2O/c1-11(19)9-12-3-4-13(10-14(12)15(16,17)18)20-5-2-7-21-8-6-20/h3-4,10-11H,2,5-9,19H2,1H3. The van der Waals surface area contributed by atoms with Gasteiger partial charge in [0.05, 0.1) is 12.2 Å². The molecule has 1 saturated heterocycles. The van der Waals surface area contributed by atoms with Crippen molar-refractivity contribution in [1.29, 1.82) is 0 Å². The molecule has 2 rings (SSSR count). The topological polar surface area (TPSA) is 38.5 Å². The van der Waals surface area contributed by atoms with Crippen LogP contribution in [0.25, 0.3) is 0 Å². The van der Waals surface area contributed by atoms with Crippen molar-refractivity contribution in [1.82, 2.24) is 0 Å². The minimum atomic E-state index is -4.36. The van der Waals surface area contributed by atoms with Crippen LogP contribution in [0.5, 0.6) is 0 Å². The Hall–Kier alpha value is -1.27. The minimum absolute atomic E-state index is 0.220. The Morgan fingerprint density at radius 2 is 2.05 bits per heavy atom. The molecule has 1 aliphatic heterocycles. The van der Waals surface area contributed by atoms with Gasteiger partial charge in [0.15, 0.2) is 0 Å². The molecular weight excluding hydrogens is 281 g/mol. The van der Waals surface area contributed by atoms with Crippen LogP contribution < -0.4 is 10.6 Å². The molecule has 1 heterocycles. The molecule has 0 amide bonds. The fourth-order valence-corrected chi connectivity index (χ4v) is 2.55. The lowest BCUT2D eigenvalue weighted by Crippen LogP contribution is -2.27. The molecule has 0 radical (unpaired) electrons. The maximum Gasteiger partial charge on any atom is 0.416 e. The van der Waals surface area contributed by atoms with Crippen molar-refractivity contribution in [2.45, 2.75) is 32.0 Å². The minimum Gasteiger partial charge on any atom is -0.380 e. The number of nitrogens with two attached hydrogens (primary N) is 1. The molecule has 3 nitrogen and oxygen atoms in total. The van der Waals surface area contributed by atoms with E-state index in [0.717, 1.165) is 6.42 Å². The second-order valence-electron chi connectivity index (χ2n) is 5.47. The fourth-order valence-electron chi connectivity index (χ4n) is 2.55. The maximum atomic E-state index is 13.2. The number of hydrogen-bond acceptors (Lipinski definition) is 3. The quantitative estimate of drug-likeness (QED) is 0.933. The van der Waals surface area contributed by atoms with Crippen LogP contribution in [0.1, 0.15) is 24.5 Å². The Labute approximate surface area is 122 Å². The smallest absolute Gasteiger partial charge is 0.380 e. The Balaban J connectivity index is 2.31. The second-order valence-corrected chi connectivity index (χ2v) is 5.47. The van der Waals surface area contributed by atoms with Crippen molar-refractivity contribution >= 4 is 5.69 Å². The van der Waals surface area contributed by atoms with Gasteiger partial charge in [-0.15, -0.1) is 0 Å². The number of alkyl halides is 3. The molecule has 1 fully saturated rings. The lowest BCUT2D eigenvalue weighted by atomic mass is 9.99. The zero-order valence-corrected chi connectivity index (χ0v) is 12.1. The molecule has 0 spiro atoms. The average molecular weight is 302 g/mol. The first kappa shape index (κ1) is 16.1. The summed E-state index contributed by atoms with van der Waals surface area (Å²) >= 11 is 0. The number of anilines is 1. The van der Waals surface area contributed by atoms with Gasteiger partial charge in [-0.1, -0.05) is 6.07 Å². The van der Waals surface area contributed by atoms with Crippen molar-refractivity contribution in [3.63, 3.8) is 0 Å². The van der Waals surface area contributed by atoms with Gasteiger partial charge in [0.25, 0.3) is 0 Å². The van der Waals surface area contributed by atoms with E-state index < -0.39 is 11.7 Å². The molecule has 0 aliphatic carbocycles. The molecule has 1 aromatic carbocycles. The van der Waals surface area contributed by atoms with Crippen LogP contribution in [-0.2, 0) is 17.3 Å². The molecule has 0 bridgehead atoms. The van der Waals surface area contributed by atoms with E-state index in [4.69, 9.17) is 10.5 Å². The predicted octanol–water partition coefficient (Wildman–Crippen LogP) is 2.82. The van der Waals surface area contributed by atoms with Gasteiger partial charge < -0.3 is 15.4 Å². The third kappa shape index (κ3) is 4.35. The summed E-state index contributed by atoms with van der Waals surface area (Å²) in [7, 11) is 0. The van der Waals surface area contributed by atoms with Crippen LogP contribution in [-0.4, -0.2) is 32.3 Å². The molecule has 1 aromatic rings. The van der Waals surface area contributed by atoms with Crippen molar-refractivity contribution in [3.05, 3.63) is 29.3 Å². The van der Waals surface area contributed by atoms with Crippen LogP contribution in [0.2, 0.25) is 0 Å².